The van der Waals surface area contributed by atoms with Crippen LogP contribution >= 0.6 is 15.9 Å². The summed E-state index contributed by atoms with van der Waals surface area (Å²) in [5.74, 6) is 0.640. The van der Waals surface area contributed by atoms with Crippen LogP contribution in [0.4, 0.5) is 0 Å². The molecule has 3 atom stereocenters. The van der Waals surface area contributed by atoms with E-state index in [4.69, 9.17) is 0 Å². The first-order valence-electron chi connectivity index (χ1n) is 6.86. The van der Waals surface area contributed by atoms with Gasteiger partial charge in [-0.1, -0.05) is 35.0 Å². The van der Waals surface area contributed by atoms with Gasteiger partial charge in [0.15, 0.2) is 0 Å². The molecule has 1 fully saturated rings. The first-order valence-corrected chi connectivity index (χ1v) is 7.65. The molecular weight excluding hydrogens is 290 g/mol. The molecule has 3 heteroatoms. The van der Waals surface area contributed by atoms with Crippen molar-refractivity contribution >= 4 is 15.9 Å². The van der Waals surface area contributed by atoms with E-state index in [2.05, 4.69) is 52.4 Å². The maximum absolute atomic E-state index is 9.54. The van der Waals surface area contributed by atoms with Gasteiger partial charge < -0.3 is 10.4 Å². The van der Waals surface area contributed by atoms with Gasteiger partial charge in [-0.25, -0.2) is 0 Å². The van der Waals surface area contributed by atoms with Gasteiger partial charge >= 0.3 is 0 Å². The lowest BCUT2D eigenvalue weighted by Gasteiger charge is -2.20. The highest BCUT2D eigenvalue weighted by Crippen LogP contribution is 2.26. The lowest BCUT2D eigenvalue weighted by molar-refractivity contribution is 0.177. The minimum absolute atomic E-state index is 0.0669. The predicted molar refractivity (Wildman–Crippen MR) is 78.5 cm³/mol. The Morgan fingerprint density at radius 2 is 2.28 bits per heavy atom. The highest BCUT2D eigenvalue weighted by atomic mass is 79.9. The van der Waals surface area contributed by atoms with Crippen LogP contribution in [0.15, 0.2) is 28.7 Å². The summed E-state index contributed by atoms with van der Waals surface area (Å²) >= 11 is 3.52. The predicted octanol–water partition coefficient (Wildman–Crippen LogP) is 3.65. The number of nitrogens with one attached hydrogen (secondary N) is 1. The van der Waals surface area contributed by atoms with Crippen LogP contribution in [0.25, 0.3) is 0 Å². The zero-order chi connectivity index (χ0) is 13.0. The van der Waals surface area contributed by atoms with Crippen molar-refractivity contribution in [2.75, 3.05) is 6.54 Å². The third-order valence-corrected chi connectivity index (χ3v) is 4.32. The summed E-state index contributed by atoms with van der Waals surface area (Å²) in [6.45, 7) is 3.23. The maximum Gasteiger partial charge on any atom is 0.0543 e. The fourth-order valence-electron chi connectivity index (χ4n) is 2.76. The van der Waals surface area contributed by atoms with E-state index in [1.165, 1.54) is 5.56 Å². The fourth-order valence-corrected chi connectivity index (χ4v) is 3.18. The molecule has 1 aliphatic carbocycles. The van der Waals surface area contributed by atoms with Crippen LogP contribution in [0.5, 0.6) is 0 Å². The van der Waals surface area contributed by atoms with E-state index in [9.17, 15) is 5.11 Å². The van der Waals surface area contributed by atoms with Crippen molar-refractivity contribution in [1.82, 2.24) is 5.32 Å². The molecule has 2 rings (SSSR count). The Bertz CT molecular complexity index is 383. The first-order chi connectivity index (χ1) is 8.69. The molecule has 3 unspecified atom stereocenters. The molecule has 0 bridgehead atoms. The number of aliphatic hydroxyl groups is 1. The van der Waals surface area contributed by atoms with Crippen molar-refractivity contribution < 1.29 is 5.11 Å². The Kier molecular flexibility index (Phi) is 5.22. The van der Waals surface area contributed by atoms with Gasteiger partial charge in [0.05, 0.1) is 6.10 Å². The Hall–Kier alpha value is -0.380. The standard InChI is InChI=1S/C15H22BrNO/c1-2-15(12-4-3-5-13(16)9-12)17-10-11-6-7-14(18)8-11/h3-5,9,11,14-15,17-18H,2,6-8,10H2,1H3. The quantitative estimate of drug-likeness (QED) is 0.870. The zero-order valence-electron chi connectivity index (χ0n) is 10.9. The molecule has 2 N–H and O–H groups in total. The third kappa shape index (κ3) is 3.81. The van der Waals surface area contributed by atoms with Crippen molar-refractivity contribution in [3.8, 4) is 0 Å². The normalized spacial score (nSPS) is 25.3. The third-order valence-electron chi connectivity index (χ3n) is 3.83. The summed E-state index contributed by atoms with van der Waals surface area (Å²) in [5.41, 5.74) is 1.34. The molecule has 18 heavy (non-hydrogen) atoms. The molecule has 0 radical (unpaired) electrons. The average molecular weight is 312 g/mol. The van der Waals surface area contributed by atoms with E-state index in [1.54, 1.807) is 0 Å². The number of aliphatic hydroxyl groups excluding tert-OH is 1. The van der Waals surface area contributed by atoms with Crippen molar-refractivity contribution in [2.24, 2.45) is 5.92 Å². The van der Waals surface area contributed by atoms with Crippen molar-refractivity contribution in [1.29, 1.82) is 0 Å². The van der Waals surface area contributed by atoms with Crippen LogP contribution in [0.2, 0.25) is 0 Å². The lowest BCUT2D eigenvalue weighted by Crippen LogP contribution is -2.26. The number of rotatable bonds is 5. The maximum atomic E-state index is 9.54. The van der Waals surface area contributed by atoms with E-state index < -0.39 is 0 Å². The van der Waals surface area contributed by atoms with Gasteiger partial charge in [0.2, 0.25) is 0 Å². The monoisotopic (exact) mass is 311 g/mol. The summed E-state index contributed by atoms with van der Waals surface area (Å²) in [6.07, 6.45) is 4.11. The summed E-state index contributed by atoms with van der Waals surface area (Å²) in [7, 11) is 0. The van der Waals surface area contributed by atoms with Crippen LogP contribution in [0.1, 0.15) is 44.2 Å². The summed E-state index contributed by atoms with van der Waals surface area (Å²) in [6, 6.07) is 8.92. The number of benzene rings is 1. The second-order valence-corrected chi connectivity index (χ2v) is 6.17. The van der Waals surface area contributed by atoms with Crippen LogP contribution < -0.4 is 5.32 Å². The molecule has 100 valence electrons. The van der Waals surface area contributed by atoms with E-state index in [0.29, 0.717) is 12.0 Å². The molecule has 0 amide bonds. The molecule has 0 aromatic heterocycles. The van der Waals surface area contributed by atoms with Gasteiger partial charge in [-0.05, 0) is 55.8 Å². The largest absolute Gasteiger partial charge is 0.393 e. The Morgan fingerprint density at radius 3 is 2.89 bits per heavy atom. The molecule has 2 nitrogen and oxygen atoms in total. The summed E-state index contributed by atoms with van der Waals surface area (Å²) < 4.78 is 1.14. The molecular formula is C15H22BrNO. The number of halogens is 1. The van der Waals surface area contributed by atoms with Crippen molar-refractivity contribution in [2.45, 2.75) is 44.8 Å². The van der Waals surface area contributed by atoms with Gasteiger partial charge in [0, 0.05) is 10.5 Å². The van der Waals surface area contributed by atoms with Gasteiger partial charge in [-0.2, -0.15) is 0 Å². The molecule has 0 aliphatic heterocycles. The van der Waals surface area contributed by atoms with E-state index in [1.807, 2.05) is 0 Å². The average Bonchev–Trinajstić information content (AvgIpc) is 2.76. The highest BCUT2D eigenvalue weighted by Gasteiger charge is 2.23. The molecule has 1 aromatic rings. The van der Waals surface area contributed by atoms with Gasteiger partial charge in [-0.15, -0.1) is 0 Å². The molecule has 0 spiro atoms. The topological polar surface area (TPSA) is 32.3 Å². The van der Waals surface area contributed by atoms with Gasteiger partial charge in [-0.3, -0.25) is 0 Å². The van der Waals surface area contributed by atoms with Crippen molar-refractivity contribution in [3.05, 3.63) is 34.3 Å². The molecule has 0 heterocycles. The van der Waals surface area contributed by atoms with Crippen LogP contribution in [0, 0.1) is 5.92 Å². The second-order valence-electron chi connectivity index (χ2n) is 5.26. The smallest absolute Gasteiger partial charge is 0.0543 e. The van der Waals surface area contributed by atoms with Gasteiger partial charge in [0.25, 0.3) is 0 Å². The van der Waals surface area contributed by atoms with Gasteiger partial charge in [0.1, 0.15) is 0 Å². The summed E-state index contributed by atoms with van der Waals surface area (Å²) in [4.78, 5) is 0. The molecule has 1 aliphatic rings. The van der Waals surface area contributed by atoms with E-state index in [-0.39, 0.29) is 6.10 Å². The summed E-state index contributed by atoms with van der Waals surface area (Å²) in [5, 5.41) is 13.2. The van der Waals surface area contributed by atoms with E-state index in [0.717, 1.165) is 36.7 Å². The Balaban J connectivity index is 1.89. The van der Waals surface area contributed by atoms with Crippen LogP contribution in [0.3, 0.4) is 0 Å². The molecule has 1 saturated carbocycles. The van der Waals surface area contributed by atoms with Crippen molar-refractivity contribution in [3.63, 3.8) is 0 Å². The van der Waals surface area contributed by atoms with Crippen LogP contribution in [-0.4, -0.2) is 17.8 Å². The lowest BCUT2D eigenvalue weighted by atomic mass is 10.0. The SMILES string of the molecule is CCC(NCC1CCC(O)C1)c1cccc(Br)c1. The first kappa shape index (κ1) is 14.0. The Morgan fingerprint density at radius 1 is 1.44 bits per heavy atom. The zero-order valence-corrected chi connectivity index (χ0v) is 12.5. The number of hydrogen-bond donors (Lipinski definition) is 2. The van der Waals surface area contributed by atoms with Crippen LogP contribution in [-0.2, 0) is 0 Å². The molecule has 0 saturated heterocycles. The Labute approximate surface area is 118 Å². The highest BCUT2D eigenvalue weighted by molar-refractivity contribution is 9.10. The minimum atomic E-state index is -0.0669. The second kappa shape index (κ2) is 6.69. The van der Waals surface area contributed by atoms with E-state index >= 15 is 0 Å². The fraction of sp³-hybridized carbons (Fsp3) is 0.600. The number of hydrogen-bond acceptors (Lipinski definition) is 2. The minimum Gasteiger partial charge on any atom is -0.393 e. The molecule has 1 aromatic carbocycles.